The van der Waals surface area contributed by atoms with Gasteiger partial charge in [-0.15, -0.1) is 11.3 Å². The number of aryl methyl sites for hydroxylation is 1. The van der Waals surface area contributed by atoms with Crippen molar-refractivity contribution in [2.75, 3.05) is 25.0 Å². The van der Waals surface area contributed by atoms with Gasteiger partial charge in [0.25, 0.3) is 0 Å². The Hall–Kier alpha value is -2.15. The number of urea groups is 1. The second-order valence-corrected chi connectivity index (χ2v) is 7.82. The number of carbonyl (C=O) groups excluding carboxylic acids is 1. The first kappa shape index (κ1) is 18.6. The summed E-state index contributed by atoms with van der Waals surface area (Å²) < 4.78 is 14.0. The predicted octanol–water partition coefficient (Wildman–Crippen LogP) is 3.66. The molecule has 26 heavy (non-hydrogen) atoms. The lowest BCUT2D eigenvalue weighted by molar-refractivity contribution is 0.200. The van der Waals surface area contributed by atoms with Crippen molar-refractivity contribution in [1.82, 2.24) is 15.2 Å². The van der Waals surface area contributed by atoms with Gasteiger partial charge in [-0.25, -0.2) is 14.2 Å². The number of para-hydroxylation sites is 1. The molecule has 2 aromatic rings. The van der Waals surface area contributed by atoms with E-state index in [9.17, 15) is 9.18 Å². The first-order valence-corrected chi connectivity index (χ1v) is 9.83. The Labute approximate surface area is 157 Å². The summed E-state index contributed by atoms with van der Waals surface area (Å²) in [5.74, 6) is -0.216. The van der Waals surface area contributed by atoms with Crippen LogP contribution < -0.4 is 10.2 Å². The predicted molar refractivity (Wildman–Crippen MR) is 103 cm³/mol. The first-order valence-electron chi connectivity index (χ1n) is 9.01. The number of nitrogens with zero attached hydrogens (tertiary/aromatic N) is 3. The lowest BCUT2D eigenvalue weighted by Crippen LogP contribution is -2.51. The van der Waals surface area contributed by atoms with E-state index < -0.39 is 0 Å². The Morgan fingerprint density at radius 1 is 1.46 bits per heavy atom. The molecule has 1 aliphatic rings. The molecule has 7 heteroatoms. The van der Waals surface area contributed by atoms with Crippen molar-refractivity contribution in [1.29, 1.82) is 0 Å². The molecule has 5 nitrogen and oxygen atoms in total. The fourth-order valence-corrected chi connectivity index (χ4v) is 4.08. The standard InChI is InChI=1S/C19H25FN4OS/c1-3-15-11-21-18(26-15)13-23(2)19(25)22-14-7-6-10-24(12-14)17-9-5-4-8-16(17)20/h4-5,8-9,11,14H,3,6-7,10,12-13H2,1-2H3,(H,22,25). The third-order valence-corrected chi connectivity index (χ3v) is 5.74. The van der Waals surface area contributed by atoms with Gasteiger partial charge in [-0.05, 0) is 31.4 Å². The number of halogens is 1. The van der Waals surface area contributed by atoms with Crippen LogP contribution in [0.5, 0.6) is 0 Å². The molecule has 1 aromatic heterocycles. The Kier molecular flexibility index (Phi) is 6.08. The molecule has 0 bridgehead atoms. The maximum absolute atomic E-state index is 14.0. The fourth-order valence-electron chi connectivity index (χ4n) is 3.17. The van der Waals surface area contributed by atoms with Crippen LogP contribution in [0.3, 0.4) is 0 Å². The topological polar surface area (TPSA) is 48.5 Å². The highest BCUT2D eigenvalue weighted by Crippen LogP contribution is 2.23. The van der Waals surface area contributed by atoms with E-state index in [4.69, 9.17) is 0 Å². The molecule has 1 N–H and O–H groups in total. The molecule has 1 saturated heterocycles. The molecular weight excluding hydrogens is 351 g/mol. The van der Waals surface area contributed by atoms with Gasteiger partial charge in [0.1, 0.15) is 10.8 Å². The molecular formula is C19H25FN4OS. The average Bonchev–Trinajstić information content (AvgIpc) is 3.10. The minimum absolute atomic E-state index is 0.0146. The zero-order valence-electron chi connectivity index (χ0n) is 15.2. The molecule has 3 rings (SSSR count). The van der Waals surface area contributed by atoms with Gasteiger partial charge in [0.2, 0.25) is 0 Å². The summed E-state index contributed by atoms with van der Waals surface area (Å²) in [5, 5.41) is 4.02. The summed E-state index contributed by atoms with van der Waals surface area (Å²) in [5.41, 5.74) is 0.606. The molecule has 0 saturated carbocycles. The summed E-state index contributed by atoms with van der Waals surface area (Å²) >= 11 is 1.64. The van der Waals surface area contributed by atoms with E-state index in [0.29, 0.717) is 18.8 Å². The van der Waals surface area contributed by atoms with E-state index in [2.05, 4.69) is 17.2 Å². The molecule has 1 atom stereocenters. The van der Waals surface area contributed by atoms with Crippen molar-refractivity contribution in [3.05, 3.63) is 46.2 Å². The quantitative estimate of drug-likeness (QED) is 0.866. The lowest BCUT2D eigenvalue weighted by Gasteiger charge is -2.35. The van der Waals surface area contributed by atoms with E-state index in [-0.39, 0.29) is 17.9 Å². The third kappa shape index (κ3) is 4.52. The van der Waals surface area contributed by atoms with Crippen LogP contribution in [-0.4, -0.2) is 42.1 Å². The molecule has 140 valence electrons. The van der Waals surface area contributed by atoms with Gasteiger partial charge < -0.3 is 15.1 Å². The van der Waals surface area contributed by atoms with Crippen LogP contribution in [0.4, 0.5) is 14.9 Å². The Balaban J connectivity index is 1.55. The van der Waals surface area contributed by atoms with Crippen molar-refractivity contribution in [3.63, 3.8) is 0 Å². The fraction of sp³-hybridized carbons (Fsp3) is 0.474. The van der Waals surface area contributed by atoms with E-state index in [1.54, 1.807) is 35.4 Å². The summed E-state index contributed by atoms with van der Waals surface area (Å²) in [6.45, 7) is 4.03. The van der Waals surface area contributed by atoms with Crippen LogP contribution in [0.2, 0.25) is 0 Å². The van der Waals surface area contributed by atoms with Crippen LogP contribution >= 0.6 is 11.3 Å². The minimum Gasteiger partial charge on any atom is -0.367 e. The molecule has 0 spiro atoms. The number of carbonyl (C=O) groups is 1. The second kappa shape index (κ2) is 8.49. The normalized spacial score (nSPS) is 17.2. The number of rotatable bonds is 5. The number of piperidine rings is 1. The van der Waals surface area contributed by atoms with Gasteiger partial charge in [0, 0.05) is 37.3 Å². The Morgan fingerprint density at radius 2 is 2.27 bits per heavy atom. The molecule has 0 aliphatic carbocycles. The monoisotopic (exact) mass is 376 g/mol. The van der Waals surface area contributed by atoms with Crippen molar-refractivity contribution in [3.8, 4) is 0 Å². The minimum atomic E-state index is -0.216. The zero-order valence-corrected chi connectivity index (χ0v) is 16.1. The van der Waals surface area contributed by atoms with Crippen LogP contribution in [0.25, 0.3) is 0 Å². The van der Waals surface area contributed by atoms with Crippen molar-refractivity contribution in [2.24, 2.45) is 0 Å². The smallest absolute Gasteiger partial charge is 0.317 e. The van der Waals surface area contributed by atoms with Crippen LogP contribution in [0.1, 0.15) is 29.7 Å². The van der Waals surface area contributed by atoms with Gasteiger partial charge in [0.15, 0.2) is 0 Å². The third-order valence-electron chi connectivity index (χ3n) is 4.61. The highest BCUT2D eigenvalue weighted by atomic mass is 32.1. The van der Waals surface area contributed by atoms with Gasteiger partial charge in [-0.2, -0.15) is 0 Å². The molecule has 1 fully saturated rings. The summed E-state index contributed by atoms with van der Waals surface area (Å²) in [7, 11) is 1.78. The number of hydrogen-bond donors (Lipinski definition) is 1. The number of nitrogens with one attached hydrogen (secondary N) is 1. The summed E-state index contributed by atoms with van der Waals surface area (Å²) in [4.78, 5) is 21.8. The summed E-state index contributed by atoms with van der Waals surface area (Å²) in [6.07, 6.45) is 4.66. The van der Waals surface area contributed by atoms with Crippen LogP contribution in [-0.2, 0) is 13.0 Å². The number of thiazole rings is 1. The number of anilines is 1. The first-order chi connectivity index (χ1) is 12.6. The SMILES string of the molecule is CCc1cnc(CN(C)C(=O)NC2CCCN(c3ccccc3F)C2)s1. The number of benzene rings is 1. The van der Waals surface area contributed by atoms with Gasteiger partial charge in [0.05, 0.1) is 12.2 Å². The van der Waals surface area contributed by atoms with E-state index in [1.165, 1.54) is 10.9 Å². The van der Waals surface area contributed by atoms with Crippen molar-refractivity contribution >= 4 is 23.1 Å². The molecule has 1 aromatic carbocycles. The van der Waals surface area contributed by atoms with E-state index in [1.807, 2.05) is 17.2 Å². The van der Waals surface area contributed by atoms with Crippen molar-refractivity contribution in [2.45, 2.75) is 38.8 Å². The zero-order chi connectivity index (χ0) is 18.5. The van der Waals surface area contributed by atoms with E-state index in [0.717, 1.165) is 30.8 Å². The molecule has 1 aliphatic heterocycles. The number of aromatic nitrogens is 1. The van der Waals surface area contributed by atoms with Crippen molar-refractivity contribution < 1.29 is 9.18 Å². The van der Waals surface area contributed by atoms with Crippen LogP contribution in [0, 0.1) is 5.82 Å². The van der Waals surface area contributed by atoms with E-state index >= 15 is 0 Å². The summed E-state index contributed by atoms with van der Waals surface area (Å²) in [6, 6.07) is 6.70. The Morgan fingerprint density at radius 3 is 3.00 bits per heavy atom. The highest BCUT2D eigenvalue weighted by molar-refractivity contribution is 7.11. The number of hydrogen-bond acceptors (Lipinski definition) is 4. The maximum Gasteiger partial charge on any atom is 0.317 e. The number of amides is 2. The lowest BCUT2D eigenvalue weighted by atomic mass is 10.0. The van der Waals surface area contributed by atoms with Crippen LogP contribution in [0.15, 0.2) is 30.5 Å². The average molecular weight is 377 g/mol. The molecule has 2 heterocycles. The van der Waals surface area contributed by atoms with Gasteiger partial charge >= 0.3 is 6.03 Å². The second-order valence-electron chi connectivity index (χ2n) is 6.62. The highest BCUT2D eigenvalue weighted by Gasteiger charge is 2.24. The van der Waals surface area contributed by atoms with Gasteiger partial charge in [-0.3, -0.25) is 0 Å². The maximum atomic E-state index is 14.0. The molecule has 1 unspecified atom stereocenters. The molecule has 0 radical (unpaired) electrons. The largest absolute Gasteiger partial charge is 0.367 e. The molecule has 2 amide bonds. The Bertz CT molecular complexity index is 751. The van der Waals surface area contributed by atoms with Gasteiger partial charge in [-0.1, -0.05) is 19.1 Å².